The van der Waals surface area contributed by atoms with E-state index in [0.717, 1.165) is 21.1 Å². The van der Waals surface area contributed by atoms with Gasteiger partial charge in [-0.3, -0.25) is 4.79 Å². The molecule has 0 radical (unpaired) electrons. The van der Waals surface area contributed by atoms with Gasteiger partial charge in [-0.25, -0.2) is 0 Å². The number of amides is 1. The van der Waals surface area contributed by atoms with E-state index in [1.54, 1.807) is 0 Å². The Bertz CT molecular complexity index is 455. The van der Waals surface area contributed by atoms with E-state index in [4.69, 9.17) is 0 Å². The van der Waals surface area contributed by atoms with Crippen molar-refractivity contribution in [3.63, 3.8) is 0 Å². The Morgan fingerprint density at radius 3 is 2.56 bits per heavy atom. The van der Waals surface area contributed by atoms with Crippen LogP contribution in [0.3, 0.4) is 0 Å². The third-order valence-corrected chi connectivity index (χ3v) is 4.35. The lowest BCUT2D eigenvalue weighted by Gasteiger charge is -2.27. The van der Waals surface area contributed by atoms with Gasteiger partial charge in [-0.2, -0.15) is 0 Å². The van der Waals surface area contributed by atoms with Crippen LogP contribution >= 0.6 is 31.9 Å². The molecule has 0 N–H and O–H groups in total. The highest BCUT2D eigenvalue weighted by Crippen LogP contribution is 2.31. The summed E-state index contributed by atoms with van der Waals surface area (Å²) in [5.41, 5.74) is 0.743. The summed E-state index contributed by atoms with van der Waals surface area (Å²) in [6, 6.07) is 5.95. The molecule has 4 heteroatoms. The molecule has 0 aromatic heterocycles. The van der Waals surface area contributed by atoms with Crippen LogP contribution in [-0.2, 0) is 0 Å². The van der Waals surface area contributed by atoms with Crippen LogP contribution in [0.4, 0.5) is 0 Å². The molecular weight excluding hydrogens is 358 g/mol. The molecule has 1 aromatic carbocycles. The molecule has 0 saturated heterocycles. The zero-order valence-corrected chi connectivity index (χ0v) is 13.8. The molecule has 98 valence electrons. The SMILES string of the molecule is CC(C)N(CC1CC1)C(=O)c1ccc(Br)cc1Br. The maximum Gasteiger partial charge on any atom is 0.255 e. The Balaban J connectivity index is 2.20. The summed E-state index contributed by atoms with van der Waals surface area (Å²) in [5.74, 6) is 0.835. The van der Waals surface area contributed by atoms with E-state index in [1.165, 1.54) is 12.8 Å². The van der Waals surface area contributed by atoms with Crippen LogP contribution in [0.5, 0.6) is 0 Å². The quantitative estimate of drug-likeness (QED) is 0.761. The normalized spacial score (nSPS) is 14.9. The van der Waals surface area contributed by atoms with Crippen LogP contribution in [0.2, 0.25) is 0 Å². The lowest BCUT2D eigenvalue weighted by molar-refractivity contribution is 0.0695. The molecule has 1 aliphatic carbocycles. The summed E-state index contributed by atoms with van der Waals surface area (Å²) in [6.07, 6.45) is 2.52. The van der Waals surface area contributed by atoms with Crippen LogP contribution < -0.4 is 0 Å². The standard InChI is InChI=1S/C14H17Br2NO/c1-9(2)17(8-10-3-4-10)14(18)12-6-5-11(15)7-13(12)16/h5-7,9-10H,3-4,8H2,1-2H3. The number of halogens is 2. The highest BCUT2D eigenvalue weighted by molar-refractivity contribution is 9.11. The van der Waals surface area contributed by atoms with Crippen molar-refractivity contribution in [1.29, 1.82) is 0 Å². The molecular formula is C14H17Br2NO. The van der Waals surface area contributed by atoms with Crippen LogP contribution in [0.1, 0.15) is 37.0 Å². The monoisotopic (exact) mass is 373 g/mol. The molecule has 1 aliphatic rings. The number of rotatable bonds is 4. The molecule has 18 heavy (non-hydrogen) atoms. The predicted octanol–water partition coefficient (Wildman–Crippen LogP) is 4.47. The van der Waals surface area contributed by atoms with Gasteiger partial charge in [0.15, 0.2) is 0 Å². The number of hydrogen-bond acceptors (Lipinski definition) is 1. The van der Waals surface area contributed by atoms with Crippen molar-refractivity contribution in [1.82, 2.24) is 4.90 Å². The second-order valence-electron chi connectivity index (χ2n) is 5.12. The summed E-state index contributed by atoms with van der Waals surface area (Å²) in [6.45, 7) is 5.04. The van der Waals surface area contributed by atoms with Gasteiger partial charge in [0.05, 0.1) is 5.56 Å². The second kappa shape index (κ2) is 5.74. The van der Waals surface area contributed by atoms with E-state index in [2.05, 4.69) is 45.7 Å². The molecule has 0 unspecified atom stereocenters. The first-order valence-electron chi connectivity index (χ1n) is 6.25. The van der Waals surface area contributed by atoms with Gasteiger partial charge in [0.25, 0.3) is 5.91 Å². The number of nitrogens with zero attached hydrogens (tertiary/aromatic N) is 1. The van der Waals surface area contributed by atoms with E-state index in [-0.39, 0.29) is 11.9 Å². The van der Waals surface area contributed by atoms with Gasteiger partial charge in [0, 0.05) is 21.5 Å². The first-order valence-corrected chi connectivity index (χ1v) is 7.83. The summed E-state index contributed by atoms with van der Waals surface area (Å²) >= 11 is 6.88. The topological polar surface area (TPSA) is 20.3 Å². The zero-order valence-electron chi connectivity index (χ0n) is 10.6. The lowest BCUT2D eigenvalue weighted by atomic mass is 10.1. The molecule has 1 amide bonds. The fraction of sp³-hybridized carbons (Fsp3) is 0.500. The number of hydrogen-bond donors (Lipinski definition) is 0. The van der Waals surface area contributed by atoms with Gasteiger partial charge >= 0.3 is 0 Å². The van der Waals surface area contributed by atoms with Crippen molar-refractivity contribution in [3.8, 4) is 0 Å². The van der Waals surface area contributed by atoms with E-state index in [1.807, 2.05) is 23.1 Å². The smallest absolute Gasteiger partial charge is 0.255 e. The van der Waals surface area contributed by atoms with Gasteiger partial charge < -0.3 is 4.90 Å². The lowest BCUT2D eigenvalue weighted by Crippen LogP contribution is -2.38. The van der Waals surface area contributed by atoms with Gasteiger partial charge in [-0.05, 0) is 66.7 Å². The van der Waals surface area contributed by atoms with Crippen molar-refractivity contribution in [2.24, 2.45) is 5.92 Å². The third kappa shape index (κ3) is 3.35. The molecule has 0 atom stereocenters. The summed E-state index contributed by atoms with van der Waals surface area (Å²) < 4.78 is 1.83. The molecule has 2 nitrogen and oxygen atoms in total. The highest BCUT2D eigenvalue weighted by atomic mass is 79.9. The average Bonchev–Trinajstić information content (AvgIpc) is 3.08. The van der Waals surface area contributed by atoms with E-state index in [0.29, 0.717) is 5.92 Å². The number of benzene rings is 1. The van der Waals surface area contributed by atoms with Crippen LogP contribution in [0, 0.1) is 5.92 Å². The molecule has 1 saturated carbocycles. The van der Waals surface area contributed by atoms with E-state index < -0.39 is 0 Å². The fourth-order valence-electron chi connectivity index (χ4n) is 1.92. The molecule has 0 heterocycles. The van der Waals surface area contributed by atoms with Crippen molar-refractivity contribution < 1.29 is 4.79 Å². The largest absolute Gasteiger partial charge is 0.336 e. The Hall–Kier alpha value is -0.350. The zero-order chi connectivity index (χ0) is 13.3. The van der Waals surface area contributed by atoms with Crippen molar-refractivity contribution in [2.45, 2.75) is 32.7 Å². The average molecular weight is 375 g/mol. The maximum atomic E-state index is 12.6. The summed E-state index contributed by atoms with van der Waals surface area (Å²) in [7, 11) is 0. The molecule has 0 aliphatic heterocycles. The Morgan fingerprint density at radius 2 is 2.06 bits per heavy atom. The van der Waals surface area contributed by atoms with Crippen LogP contribution in [0.15, 0.2) is 27.1 Å². The van der Waals surface area contributed by atoms with E-state index >= 15 is 0 Å². The molecule has 2 rings (SSSR count). The van der Waals surface area contributed by atoms with Crippen LogP contribution in [-0.4, -0.2) is 23.4 Å². The highest BCUT2D eigenvalue weighted by Gasteiger charge is 2.29. The Morgan fingerprint density at radius 1 is 1.39 bits per heavy atom. The number of carbonyl (C=O) groups is 1. The molecule has 0 spiro atoms. The maximum absolute atomic E-state index is 12.6. The van der Waals surface area contributed by atoms with Gasteiger partial charge in [-0.1, -0.05) is 15.9 Å². The Labute approximate surface area is 125 Å². The molecule has 0 bridgehead atoms. The van der Waals surface area contributed by atoms with Crippen LogP contribution in [0.25, 0.3) is 0 Å². The molecule has 1 fully saturated rings. The van der Waals surface area contributed by atoms with Crippen molar-refractivity contribution >= 4 is 37.8 Å². The van der Waals surface area contributed by atoms with Gasteiger partial charge in [0.2, 0.25) is 0 Å². The Kier molecular flexibility index (Phi) is 4.49. The minimum Gasteiger partial charge on any atom is -0.336 e. The van der Waals surface area contributed by atoms with E-state index in [9.17, 15) is 4.79 Å². The van der Waals surface area contributed by atoms with Crippen molar-refractivity contribution in [3.05, 3.63) is 32.7 Å². The molecule has 1 aromatic rings. The summed E-state index contributed by atoms with van der Waals surface area (Å²) in [4.78, 5) is 14.5. The van der Waals surface area contributed by atoms with Gasteiger partial charge in [-0.15, -0.1) is 0 Å². The summed E-state index contributed by atoms with van der Waals surface area (Å²) in [5, 5.41) is 0. The fourth-order valence-corrected chi connectivity index (χ4v) is 3.14. The second-order valence-corrected chi connectivity index (χ2v) is 6.89. The van der Waals surface area contributed by atoms with Crippen molar-refractivity contribution in [2.75, 3.05) is 6.54 Å². The van der Waals surface area contributed by atoms with Gasteiger partial charge in [0.1, 0.15) is 0 Å². The minimum atomic E-state index is 0.122. The number of carbonyl (C=O) groups excluding carboxylic acids is 1. The first kappa shape index (κ1) is 14.1. The predicted molar refractivity (Wildman–Crippen MR) is 80.7 cm³/mol. The third-order valence-electron chi connectivity index (χ3n) is 3.20. The first-order chi connectivity index (χ1) is 8.49. The minimum absolute atomic E-state index is 0.122.